The Hall–Kier alpha value is -0.0800. The Labute approximate surface area is 120 Å². The van der Waals surface area contributed by atoms with E-state index in [0.717, 1.165) is 17.9 Å². The van der Waals surface area contributed by atoms with Gasteiger partial charge in [0.15, 0.2) is 0 Å². The van der Waals surface area contributed by atoms with E-state index in [1.54, 1.807) is 0 Å². The Balaban J connectivity index is 1.66. The summed E-state index contributed by atoms with van der Waals surface area (Å²) in [4.78, 5) is 2.76. The highest BCUT2D eigenvalue weighted by Gasteiger charge is 2.25. The van der Waals surface area contributed by atoms with Crippen LogP contribution in [-0.2, 0) is 0 Å². The van der Waals surface area contributed by atoms with Crippen LogP contribution in [0.3, 0.4) is 0 Å². The maximum Gasteiger partial charge on any atom is 0.00683 e. The fourth-order valence-electron chi connectivity index (χ4n) is 3.39. The molecular formula is C17H34N2. The van der Waals surface area contributed by atoms with Crippen molar-refractivity contribution in [2.45, 2.75) is 71.3 Å². The molecule has 1 saturated carbocycles. The molecule has 112 valence electrons. The van der Waals surface area contributed by atoms with E-state index in [-0.39, 0.29) is 0 Å². The highest BCUT2D eigenvalue weighted by atomic mass is 15.1. The van der Waals surface area contributed by atoms with Gasteiger partial charge < -0.3 is 10.2 Å². The van der Waals surface area contributed by atoms with Crippen molar-refractivity contribution in [1.29, 1.82) is 0 Å². The maximum atomic E-state index is 3.72. The summed E-state index contributed by atoms with van der Waals surface area (Å²) in [5.41, 5.74) is 0. The van der Waals surface area contributed by atoms with Crippen molar-refractivity contribution in [1.82, 2.24) is 10.2 Å². The monoisotopic (exact) mass is 266 g/mol. The summed E-state index contributed by atoms with van der Waals surface area (Å²) in [5, 5.41) is 3.72. The van der Waals surface area contributed by atoms with Crippen LogP contribution < -0.4 is 5.32 Å². The minimum Gasteiger partial charge on any atom is -0.314 e. The fraction of sp³-hybridized carbons (Fsp3) is 1.00. The predicted octanol–water partition coefficient (Wildman–Crippen LogP) is 3.67. The average Bonchev–Trinajstić information content (AvgIpc) is 3.26. The molecule has 1 aliphatic carbocycles. The number of piperidine rings is 1. The normalized spacial score (nSPS) is 26.5. The van der Waals surface area contributed by atoms with E-state index in [0.29, 0.717) is 0 Å². The van der Waals surface area contributed by atoms with Gasteiger partial charge in [-0.3, -0.25) is 0 Å². The van der Waals surface area contributed by atoms with Crippen LogP contribution in [-0.4, -0.2) is 37.1 Å². The molecule has 2 aliphatic rings. The summed E-state index contributed by atoms with van der Waals surface area (Å²) in [6.45, 7) is 10.0. The SMILES string of the molecule is CCCCC(CC)CN1CCCC(CNC2CC2)C1. The molecule has 1 N–H and O–H groups in total. The molecule has 0 aromatic carbocycles. The van der Waals surface area contributed by atoms with Crippen LogP contribution in [0.4, 0.5) is 0 Å². The van der Waals surface area contributed by atoms with E-state index in [2.05, 4.69) is 24.1 Å². The molecule has 2 fully saturated rings. The molecule has 1 heterocycles. The van der Waals surface area contributed by atoms with Crippen LogP contribution in [0.5, 0.6) is 0 Å². The molecule has 0 spiro atoms. The highest BCUT2D eigenvalue weighted by molar-refractivity contribution is 4.84. The Morgan fingerprint density at radius 3 is 2.74 bits per heavy atom. The Kier molecular flexibility index (Phi) is 6.66. The summed E-state index contributed by atoms with van der Waals surface area (Å²) >= 11 is 0. The Morgan fingerprint density at radius 1 is 1.21 bits per heavy atom. The molecule has 1 saturated heterocycles. The highest BCUT2D eigenvalue weighted by Crippen LogP contribution is 2.23. The lowest BCUT2D eigenvalue weighted by Gasteiger charge is -2.35. The number of rotatable bonds is 9. The standard InChI is InChI=1S/C17H34N2/c1-3-5-7-15(4-2)13-19-11-6-8-16(14-19)12-18-17-9-10-17/h15-18H,3-14H2,1-2H3. The lowest BCUT2D eigenvalue weighted by Crippen LogP contribution is -2.42. The van der Waals surface area contributed by atoms with E-state index < -0.39 is 0 Å². The second-order valence-electron chi connectivity index (χ2n) is 6.87. The first kappa shape index (κ1) is 15.3. The first-order valence-corrected chi connectivity index (χ1v) is 8.77. The van der Waals surface area contributed by atoms with Gasteiger partial charge in [0.05, 0.1) is 0 Å². The van der Waals surface area contributed by atoms with Crippen LogP contribution in [0.15, 0.2) is 0 Å². The first-order valence-electron chi connectivity index (χ1n) is 8.77. The quantitative estimate of drug-likeness (QED) is 0.685. The maximum absolute atomic E-state index is 3.72. The van der Waals surface area contributed by atoms with Crippen LogP contribution in [0, 0.1) is 11.8 Å². The zero-order valence-electron chi connectivity index (χ0n) is 13.2. The van der Waals surface area contributed by atoms with Crippen molar-refractivity contribution < 1.29 is 0 Å². The van der Waals surface area contributed by atoms with Gasteiger partial charge >= 0.3 is 0 Å². The zero-order valence-corrected chi connectivity index (χ0v) is 13.2. The van der Waals surface area contributed by atoms with Crippen molar-refractivity contribution in [3.05, 3.63) is 0 Å². The third kappa shape index (κ3) is 5.83. The smallest absolute Gasteiger partial charge is 0.00683 e. The lowest BCUT2D eigenvalue weighted by molar-refractivity contribution is 0.144. The molecule has 0 bridgehead atoms. The minimum atomic E-state index is 0.878. The van der Waals surface area contributed by atoms with Gasteiger partial charge in [0.1, 0.15) is 0 Å². The van der Waals surface area contributed by atoms with E-state index in [4.69, 9.17) is 0 Å². The summed E-state index contributed by atoms with van der Waals surface area (Å²) in [7, 11) is 0. The van der Waals surface area contributed by atoms with E-state index in [9.17, 15) is 0 Å². The van der Waals surface area contributed by atoms with Crippen molar-refractivity contribution in [3.8, 4) is 0 Å². The number of unbranched alkanes of at least 4 members (excludes halogenated alkanes) is 1. The van der Waals surface area contributed by atoms with Gasteiger partial charge in [-0.15, -0.1) is 0 Å². The van der Waals surface area contributed by atoms with Crippen molar-refractivity contribution in [3.63, 3.8) is 0 Å². The summed E-state index contributed by atoms with van der Waals surface area (Å²) < 4.78 is 0. The second kappa shape index (κ2) is 8.26. The molecule has 0 aromatic heterocycles. The van der Waals surface area contributed by atoms with Crippen molar-refractivity contribution in [2.75, 3.05) is 26.2 Å². The van der Waals surface area contributed by atoms with Crippen LogP contribution in [0.2, 0.25) is 0 Å². The molecule has 0 aromatic rings. The van der Waals surface area contributed by atoms with E-state index >= 15 is 0 Å². The summed E-state index contributed by atoms with van der Waals surface area (Å²) in [6.07, 6.45) is 11.3. The number of hydrogen-bond acceptors (Lipinski definition) is 2. The first-order chi connectivity index (χ1) is 9.31. The molecule has 2 heteroatoms. The number of nitrogens with one attached hydrogen (secondary N) is 1. The molecule has 2 nitrogen and oxygen atoms in total. The second-order valence-corrected chi connectivity index (χ2v) is 6.87. The van der Waals surface area contributed by atoms with Gasteiger partial charge in [0.2, 0.25) is 0 Å². The Morgan fingerprint density at radius 2 is 2.05 bits per heavy atom. The summed E-state index contributed by atoms with van der Waals surface area (Å²) in [5.74, 6) is 1.85. The van der Waals surface area contributed by atoms with Gasteiger partial charge in [0, 0.05) is 19.1 Å². The molecule has 2 unspecified atom stereocenters. The molecule has 19 heavy (non-hydrogen) atoms. The number of hydrogen-bond donors (Lipinski definition) is 1. The van der Waals surface area contributed by atoms with E-state index in [1.807, 2.05) is 0 Å². The zero-order chi connectivity index (χ0) is 13.5. The third-order valence-electron chi connectivity index (χ3n) is 4.94. The third-order valence-corrected chi connectivity index (χ3v) is 4.94. The van der Waals surface area contributed by atoms with Gasteiger partial charge in [-0.05, 0) is 57.0 Å². The molecule has 1 aliphatic heterocycles. The Bertz CT molecular complexity index is 237. The molecule has 0 radical (unpaired) electrons. The van der Waals surface area contributed by atoms with E-state index in [1.165, 1.54) is 77.5 Å². The number of nitrogens with zero attached hydrogens (tertiary/aromatic N) is 1. The van der Waals surface area contributed by atoms with Gasteiger partial charge in [-0.2, -0.15) is 0 Å². The number of likely N-dealkylation sites (tertiary alicyclic amines) is 1. The molecule has 2 rings (SSSR count). The molecular weight excluding hydrogens is 232 g/mol. The van der Waals surface area contributed by atoms with Gasteiger partial charge in [-0.25, -0.2) is 0 Å². The van der Waals surface area contributed by atoms with Crippen molar-refractivity contribution in [2.24, 2.45) is 11.8 Å². The molecule has 0 amide bonds. The van der Waals surface area contributed by atoms with Crippen LogP contribution >= 0.6 is 0 Å². The molecule has 2 atom stereocenters. The minimum absolute atomic E-state index is 0.878. The van der Waals surface area contributed by atoms with Crippen molar-refractivity contribution >= 4 is 0 Å². The fourth-order valence-corrected chi connectivity index (χ4v) is 3.39. The van der Waals surface area contributed by atoms with Crippen LogP contribution in [0.1, 0.15) is 65.2 Å². The lowest BCUT2D eigenvalue weighted by atomic mass is 9.94. The largest absolute Gasteiger partial charge is 0.314 e. The summed E-state index contributed by atoms with van der Waals surface area (Å²) in [6, 6.07) is 0.878. The van der Waals surface area contributed by atoms with Crippen LogP contribution in [0.25, 0.3) is 0 Å². The predicted molar refractivity (Wildman–Crippen MR) is 83.5 cm³/mol. The van der Waals surface area contributed by atoms with Gasteiger partial charge in [-0.1, -0.05) is 33.1 Å². The topological polar surface area (TPSA) is 15.3 Å². The van der Waals surface area contributed by atoms with Gasteiger partial charge in [0.25, 0.3) is 0 Å². The average molecular weight is 266 g/mol.